The molecule has 5 aliphatic rings. The zero-order valence-corrected chi connectivity index (χ0v) is 18.9. The summed E-state index contributed by atoms with van der Waals surface area (Å²) in [6, 6.07) is 0. The summed E-state index contributed by atoms with van der Waals surface area (Å²) in [5, 5.41) is 10.2. The largest absolute Gasteiger partial charge is 0.393 e. The van der Waals surface area contributed by atoms with Gasteiger partial charge in [0.05, 0.1) is 6.10 Å². The van der Waals surface area contributed by atoms with Crippen molar-refractivity contribution in [3.05, 3.63) is 0 Å². The second kappa shape index (κ2) is 7.29. The molecular weight excluding hydrogens is 364 g/mol. The van der Waals surface area contributed by atoms with Crippen LogP contribution in [0.5, 0.6) is 0 Å². The van der Waals surface area contributed by atoms with Crippen LogP contribution in [0.1, 0.15) is 84.5 Å². The molecule has 1 N–H and O–H groups in total. The lowest BCUT2D eigenvalue weighted by Gasteiger charge is -2.60. The molecule has 0 aromatic heterocycles. The average molecular weight is 406 g/mol. The standard InChI is InChI=1S/C25H41O2S/c1-24-11-9-18(26)15-17(24)5-6-19-20-7-8-22(25(20,2)12-10-21(19)24)23(27)16-28-13-3-4-14-28/h17-22,26H,3-16H2,1-2H3/q+1/t17-,18-,19+,20+,21+,22-,24+,25+/m1/s1. The zero-order chi connectivity index (χ0) is 19.5. The summed E-state index contributed by atoms with van der Waals surface area (Å²) in [6.45, 7) is 5.09. The number of aliphatic hydroxyl groups excluding tert-OH is 1. The first-order chi connectivity index (χ1) is 13.4. The van der Waals surface area contributed by atoms with Crippen LogP contribution in [0.25, 0.3) is 0 Å². The van der Waals surface area contributed by atoms with Crippen LogP contribution >= 0.6 is 0 Å². The lowest BCUT2D eigenvalue weighted by atomic mass is 9.44. The lowest BCUT2D eigenvalue weighted by Crippen LogP contribution is -2.54. The molecule has 3 heteroatoms. The van der Waals surface area contributed by atoms with Gasteiger partial charge in [-0.15, -0.1) is 0 Å². The third kappa shape index (κ3) is 3.04. The maximum atomic E-state index is 13.3. The summed E-state index contributed by atoms with van der Waals surface area (Å²) in [4.78, 5) is 13.3. The molecule has 0 amide bonds. The molecule has 5 rings (SSSR count). The first kappa shape index (κ1) is 19.9. The molecule has 4 aliphatic carbocycles. The van der Waals surface area contributed by atoms with E-state index in [1.807, 2.05) is 0 Å². The van der Waals surface area contributed by atoms with E-state index in [0.29, 0.717) is 33.4 Å². The van der Waals surface area contributed by atoms with Crippen LogP contribution < -0.4 is 0 Å². The van der Waals surface area contributed by atoms with Crippen LogP contribution in [-0.2, 0) is 15.7 Å². The molecule has 0 unspecified atom stereocenters. The average Bonchev–Trinajstić information content (AvgIpc) is 3.29. The van der Waals surface area contributed by atoms with Gasteiger partial charge < -0.3 is 5.11 Å². The Morgan fingerprint density at radius 2 is 1.64 bits per heavy atom. The molecule has 28 heavy (non-hydrogen) atoms. The van der Waals surface area contributed by atoms with Crippen molar-refractivity contribution in [3.63, 3.8) is 0 Å². The molecule has 5 fully saturated rings. The second-order valence-corrected chi connectivity index (χ2v) is 13.9. The number of ketones is 1. The summed E-state index contributed by atoms with van der Waals surface area (Å²) in [5.74, 6) is 7.81. The van der Waals surface area contributed by atoms with Crippen molar-refractivity contribution in [2.24, 2.45) is 40.4 Å². The van der Waals surface area contributed by atoms with Crippen molar-refractivity contribution < 1.29 is 9.90 Å². The van der Waals surface area contributed by atoms with Crippen LogP contribution in [0.15, 0.2) is 0 Å². The van der Waals surface area contributed by atoms with Crippen molar-refractivity contribution >= 4 is 16.7 Å². The molecule has 4 saturated carbocycles. The van der Waals surface area contributed by atoms with E-state index in [2.05, 4.69) is 13.8 Å². The molecule has 158 valence electrons. The van der Waals surface area contributed by atoms with Gasteiger partial charge in [-0.25, -0.2) is 0 Å². The minimum absolute atomic E-state index is 0.0478. The number of Topliss-reactive ketones (excluding diaryl/α,β-unsaturated/α-hetero) is 1. The molecule has 2 nitrogen and oxygen atoms in total. The number of carbonyl (C=O) groups is 1. The molecule has 0 spiro atoms. The molecule has 0 aromatic carbocycles. The Labute approximate surface area is 175 Å². The highest BCUT2D eigenvalue weighted by molar-refractivity contribution is 7.97. The van der Waals surface area contributed by atoms with Crippen LogP contribution in [-0.4, -0.2) is 34.3 Å². The molecule has 8 atom stereocenters. The predicted octanol–water partition coefficient (Wildman–Crippen LogP) is 4.99. The van der Waals surface area contributed by atoms with E-state index >= 15 is 0 Å². The number of aliphatic hydroxyl groups is 1. The van der Waals surface area contributed by atoms with E-state index < -0.39 is 0 Å². The van der Waals surface area contributed by atoms with Gasteiger partial charge in [0, 0.05) is 5.92 Å². The SMILES string of the molecule is C[C@]12CC[C@@H](O)C[C@H]1CC[C@@H]1[C@@H]2CC[C@]2(C)[C@@H](C(=O)C[S+]3CCCC3)CC[C@@H]12. The maximum absolute atomic E-state index is 13.3. The normalized spacial score (nSPS) is 51.4. The van der Waals surface area contributed by atoms with E-state index in [0.717, 1.165) is 42.3 Å². The van der Waals surface area contributed by atoms with E-state index in [4.69, 9.17) is 0 Å². The molecule has 0 bridgehead atoms. The Hall–Kier alpha value is -0.0200. The van der Waals surface area contributed by atoms with Crippen molar-refractivity contribution in [3.8, 4) is 0 Å². The maximum Gasteiger partial charge on any atom is 0.185 e. The van der Waals surface area contributed by atoms with Gasteiger partial charge >= 0.3 is 0 Å². The summed E-state index contributed by atoms with van der Waals surface area (Å²) in [7, 11) is 0.419. The van der Waals surface area contributed by atoms with Crippen LogP contribution in [0.4, 0.5) is 0 Å². The molecule has 1 aliphatic heterocycles. The molecule has 1 heterocycles. The summed E-state index contributed by atoms with van der Waals surface area (Å²) < 4.78 is 0. The van der Waals surface area contributed by atoms with Gasteiger partial charge in [0.1, 0.15) is 11.5 Å². The fraction of sp³-hybridized carbons (Fsp3) is 0.960. The summed E-state index contributed by atoms with van der Waals surface area (Å²) in [6.07, 6.45) is 13.8. The fourth-order valence-electron chi connectivity index (χ4n) is 8.92. The van der Waals surface area contributed by atoms with E-state index in [1.165, 1.54) is 69.3 Å². The highest BCUT2D eigenvalue weighted by atomic mass is 32.2. The van der Waals surface area contributed by atoms with Gasteiger partial charge in [-0.2, -0.15) is 0 Å². The smallest absolute Gasteiger partial charge is 0.185 e. The third-order valence-corrected chi connectivity index (χ3v) is 12.9. The van der Waals surface area contributed by atoms with Gasteiger partial charge in [0.15, 0.2) is 11.5 Å². The Bertz CT molecular complexity index is 614. The molecule has 0 aromatic rings. The molecule has 1 saturated heterocycles. The number of hydrogen-bond donors (Lipinski definition) is 1. The van der Waals surface area contributed by atoms with E-state index in [-0.39, 0.29) is 6.10 Å². The lowest BCUT2D eigenvalue weighted by molar-refractivity contribution is -0.138. The Morgan fingerprint density at radius 3 is 2.43 bits per heavy atom. The molecular formula is C25H41O2S+. The topological polar surface area (TPSA) is 37.3 Å². The van der Waals surface area contributed by atoms with Gasteiger partial charge in [-0.1, -0.05) is 13.8 Å². The quantitative estimate of drug-likeness (QED) is 0.672. The monoisotopic (exact) mass is 405 g/mol. The summed E-state index contributed by atoms with van der Waals surface area (Å²) >= 11 is 0. The van der Waals surface area contributed by atoms with Crippen molar-refractivity contribution in [1.29, 1.82) is 0 Å². The van der Waals surface area contributed by atoms with Crippen molar-refractivity contribution in [1.82, 2.24) is 0 Å². The first-order valence-corrected chi connectivity index (χ1v) is 14.0. The third-order valence-electron chi connectivity index (χ3n) is 10.5. The van der Waals surface area contributed by atoms with E-state index in [1.54, 1.807) is 0 Å². The number of fused-ring (bicyclic) bond motifs is 5. The fourth-order valence-corrected chi connectivity index (χ4v) is 11.2. The van der Waals surface area contributed by atoms with Crippen LogP contribution in [0, 0.1) is 40.4 Å². The summed E-state index contributed by atoms with van der Waals surface area (Å²) in [5.41, 5.74) is 0.746. The van der Waals surface area contributed by atoms with Crippen molar-refractivity contribution in [2.75, 3.05) is 17.3 Å². The number of hydrogen-bond acceptors (Lipinski definition) is 2. The Kier molecular flexibility index (Phi) is 5.18. The minimum Gasteiger partial charge on any atom is -0.393 e. The first-order valence-electron chi connectivity index (χ1n) is 12.3. The highest BCUT2D eigenvalue weighted by Crippen LogP contribution is 2.67. The number of rotatable bonds is 3. The zero-order valence-electron chi connectivity index (χ0n) is 18.1. The van der Waals surface area contributed by atoms with Gasteiger partial charge in [0.25, 0.3) is 0 Å². The molecule has 0 radical (unpaired) electrons. The van der Waals surface area contributed by atoms with Gasteiger partial charge in [0.2, 0.25) is 0 Å². The Balaban J connectivity index is 1.33. The van der Waals surface area contributed by atoms with Crippen LogP contribution in [0.3, 0.4) is 0 Å². The van der Waals surface area contributed by atoms with Gasteiger partial charge in [-0.3, -0.25) is 4.79 Å². The highest BCUT2D eigenvalue weighted by Gasteiger charge is 2.61. The number of carbonyl (C=O) groups excluding carboxylic acids is 1. The van der Waals surface area contributed by atoms with Crippen LogP contribution in [0.2, 0.25) is 0 Å². The van der Waals surface area contributed by atoms with Gasteiger partial charge in [-0.05, 0) is 116 Å². The minimum atomic E-state index is -0.0478. The second-order valence-electron chi connectivity index (χ2n) is 11.6. The van der Waals surface area contributed by atoms with Crippen molar-refractivity contribution in [2.45, 2.75) is 90.6 Å². The Morgan fingerprint density at radius 1 is 0.929 bits per heavy atom. The van der Waals surface area contributed by atoms with E-state index in [9.17, 15) is 9.90 Å². The predicted molar refractivity (Wildman–Crippen MR) is 117 cm³/mol.